The van der Waals surface area contributed by atoms with Gasteiger partial charge in [-0.25, -0.2) is 0 Å². The van der Waals surface area contributed by atoms with Crippen LogP contribution in [-0.2, 0) is 21.3 Å². The quantitative estimate of drug-likeness (QED) is 0.632. The largest absolute Gasteiger partial charge is 0.481 e. The van der Waals surface area contributed by atoms with E-state index in [0.29, 0.717) is 11.1 Å². The molecule has 0 fully saturated rings. The third kappa shape index (κ3) is 3.63. The fourth-order valence-corrected chi connectivity index (χ4v) is 2.42. The summed E-state index contributed by atoms with van der Waals surface area (Å²) in [5.41, 5.74) is 0.921. The van der Waals surface area contributed by atoms with E-state index in [1.807, 2.05) is 0 Å². The Morgan fingerprint density at radius 3 is 2.71 bits per heavy atom. The van der Waals surface area contributed by atoms with Gasteiger partial charge in [0.05, 0.1) is 4.92 Å². The second-order valence-corrected chi connectivity index (χ2v) is 4.90. The number of nitro benzene ring substituents is 1. The lowest BCUT2D eigenvalue weighted by molar-refractivity contribution is -0.385. The van der Waals surface area contributed by atoms with Gasteiger partial charge in [0.1, 0.15) is 5.75 Å². The van der Waals surface area contributed by atoms with Gasteiger partial charge in [-0.1, -0.05) is 12.1 Å². The summed E-state index contributed by atoms with van der Waals surface area (Å²) in [6.07, 6.45) is 0. The van der Waals surface area contributed by atoms with Crippen LogP contribution in [0.25, 0.3) is 0 Å². The first-order valence-electron chi connectivity index (χ1n) is 4.71. The Kier molecular flexibility index (Phi) is 4.33. The number of carbonyl (C=O) groups is 1. The van der Waals surface area contributed by atoms with Crippen LogP contribution in [0, 0.1) is 17.0 Å². The van der Waals surface area contributed by atoms with Crippen LogP contribution >= 0.6 is 0 Å². The molecule has 0 saturated carbocycles. The van der Waals surface area contributed by atoms with E-state index in [1.54, 1.807) is 13.0 Å². The molecule has 1 atom stereocenters. The number of hydrogen-bond donors (Lipinski definition) is 1. The molecule has 92 valence electrons. The first kappa shape index (κ1) is 13.3. The van der Waals surface area contributed by atoms with Crippen molar-refractivity contribution in [1.82, 2.24) is 0 Å². The second kappa shape index (κ2) is 5.53. The Morgan fingerprint density at radius 1 is 1.53 bits per heavy atom. The molecule has 1 unspecified atom stereocenters. The molecule has 0 saturated heterocycles. The molecule has 1 rings (SSSR count). The Labute approximate surface area is 99.9 Å². The zero-order chi connectivity index (χ0) is 13.0. The van der Waals surface area contributed by atoms with Crippen LogP contribution in [0.1, 0.15) is 11.1 Å². The summed E-state index contributed by atoms with van der Waals surface area (Å²) in [6.45, 7) is 1.56. The van der Waals surface area contributed by atoms with E-state index in [1.165, 1.54) is 12.1 Å². The van der Waals surface area contributed by atoms with Gasteiger partial charge in [-0.05, 0) is 12.5 Å². The smallest absolute Gasteiger partial charge is 0.316 e. The maximum Gasteiger partial charge on any atom is 0.316 e. The number of nitro groups is 1. The highest BCUT2D eigenvalue weighted by Crippen LogP contribution is 2.22. The van der Waals surface area contributed by atoms with Crippen molar-refractivity contribution < 1.29 is 19.0 Å². The van der Waals surface area contributed by atoms with Gasteiger partial charge in [-0.3, -0.25) is 19.1 Å². The van der Waals surface area contributed by atoms with Gasteiger partial charge in [-0.2, -0.15) is 0 Å². The number of carboxylic acid groups (broad SMARTS) is 1. The van der Waals surface area contributed by atoms with E-state index in [9.17, 15) is 19.1 Å². The summed E-state index contributed by atoms with van der Waals surface area (Å²) < 4.78 is 11.4. The molecular weight excluding hydrogens is 246 g/mol. The summed E-state index contributed by atoms with van der Waals surface area (Å²) in [6, 6.07) is 4.47. The van der Waals surface area contributed by atoms with E-state index in [-0.39, 0.29) is 11.4 Å². The molecule has 1 aromatic rings. The predicted molar refractivity (Wildman–Crippen MR) is 62.2 cm³/mol. The maximum absolute atomic E-state index is 11.4. The van der Waals surface area contributed by atoms with Gasteiger partial charge < -0.3 is 5.11 Å². The Morgan fingerprint density at radius 2 is 2.18 bits per heavy atom. The van der Waals surface area contributed by atoms with Gasteiger partial charge in [0.15, 0.2) is 0 Å². The zero-order valence-corrected chi connectivity index (χ0v) is 9.90. The topological polar surface area (TPSA) is 97.5 Å². The minimum absolute atomic E-state index is 0.0137. The maximum atomic E-state index is 11.4. The van der Waals surface area contributed by atoms with Gasteiger partial charge in [0, 0.05) is 28.2 Å². The molecule has 0 amide bonds. The van der Waals surface area contributed by atoms with Crippen LogP contribution < -0.4 is 0 Å². The second-order valence-electron chi connectivity index (χ2n) is 3.44. The molecule has 1 N–H and O–H groups in total. The predicted octanol–water partition coefficient (Wildman–Crippen LogP) is 1.24. The summed E-state index contributed by atoms with van der Waals surface area (Å²) in [5, 5.41) is 19.1. The molecule has 17 heavy (non-hydrogen) atoms. The lowest BCUT2D eigenvalue weighted by Gasteiger charge is -2.05. The first-order valence-corrected chi connectivity index (χ1v) is 6.20. The van der Waals surface area contributed by atoms with Crippen LogP contribution in [0.15, 0.2) is 18.2 Å². The van der Waals surface area contributed by atoms with Crippen molar-refractivity contribution in [2.75, 3.05) is 5.75 Å². The molecule has 6 nitrogen and oxygen atoms in total. The summed E-state index contributed by atoms with van der Waals surface area (Å²) in [5.74, 6) is -1.59. The van der Waals surface area contributed by atoms with Gasteiger partial charge in [0.25, 0.3) is 5.69 Å². The van der Waals surface area contributed by atoms with E-state index < -0.39 is 27.4 Å². The van der Waals surface area contributed by atoms with E-state index in [0.717, 1.165) is 0 Å². The van der Waals surface area contributed by atoms with Crippen molar-refractivity contribution in [1.29, 1.82) is 0 Å². The number of benzene rings is 1. The lowest BCUT2D eigenvalue weighted by Crippen LogP contribution is -2.11. The number of hydrogen-bond acceptors (Lipinski definition) is 4. The number of rotatable bonds is 5. The highest BCUT2D eigenvalue weighted by Gasteiger charge is 2.15. The average Bonchev–Trinajstić information content (AvgIpc) is 2.19. The van der Waals surface area contributed by atoms with Crippen LogP contribution in [-0.4, -0.2) is 26.0 Å². The SMILES string of the molecule is Cc1c(CS(=O)CC(=O)O)cccc1[N+](=O)[O-]. The lowest BCUT2D eigenvalue weighted by atomic mass is 10.1. The van der Waals surface area contributed by atoms with Crippen molar-refractivity contribution in [3.05, 3.63) is 39.4 Å². The average molecular weight is 257 g/mol. The fraction of sp³-hybridized carbons (Fsp3) is 0.300. The Balaban J connectivity index is 2.92. The molecular formula is C10H11NO5S. The summed E-state index contributed by atoms with van der Waals surface area (Å²) in [7, 11) is -1.56. The summed E-state index contributed by atoms with van der Waals surface area (Å²) >= 11 is 0. The van der Waals surface area contributed by atoms with Crippen molar-refractivity contribution in [2.45, 2.75) is 12.7 Å². The van der Waals surface area contributed by atoms with Crippen molar-refractivity contribution in [2.24, 2.45) is 0 Å². The highest BCUT2D eigenvalue weighted by atomic mass is 32.2. The summed E-state index contributed by atoms with van der Waals surface area (Å²) in [4.78, 5) is 20.5. The normalized spacial score (nSPS) is 12.1. The molecule has 0 aliphatic heterocycles. The number of aliphatic carboxylic acids is 1. The third-order valence-corrected chi connectivity index (χ3v) is 3.42. The van der Waals surface area contributed by atoms with Gasteiger partial charge in [0.2, 0.25) is 0 Å². The first-order chi connectivity index (χ1) is 7.91. The van der Waals surface area contributed by atoms with Crippen LogP contribution in [0.3, 0.4) is 0 Å². The van der Waals surface area contributed by atoms with Crippen molar-refractivity contribution in [3.63, 3.8) is 0 Å². The van der Waals surface area contributed by atoms with Crippen molar-refractivity contribution in [3.8, 4) is 0 Å². The molecule has 0 spiro atoms. The molecule has 1 aromatic carbocycles. The molecule has 0 heterocycles. The molecule has 0 radical (unpaired) electrons. The fourth-order valence-electron chi connectivity index (χ4n) is 1.39. The number of nitrogens with zero attached hydrogens (tertiary/aromatic N) is 1. The van der Waals surface area contributed by atoms with Gasteiger partial charge in [-0.15, -0.1) is 0 Å². The Hall–Kier alpha value is -1.76. The monoisotopic (exact) mass is 257 g/mol. The standard InChI is InChI=1S/C10H11NO5S/c1-7-8(5-17(16)6-10(12)13)3-2-4-9(7)11(14)15/h2-4H,5-6H2,1H3,(H,12,13). The highest BCUT2D eigenvalue weighted by molar-refractivity contribution is 7.84. The third-order valence-electron chi connectivity index (χ3n) is 2.22. The van der Waals surface area contributed by atoms with Crippen LogP contribution in [0.4, 0.5) is 5.69 Å². The molecule has 0 aliphatic rings. The number of carboxylic acids is 1. The van der Waals surface area contributed by atoms with E-state index in [4.69, 9.17) is 5.11 Å². The zero-order valence-electron chi connectivity index (χ0n) is 9.08. The Bertz CT molecular complexity index is 486. The molecule has 0 aromatic heterocycles. The molecule has 0 bridgehead atoms. The van der Waals surface area contributed by atoms with E-state index in [2.05, 4.69) is 0 Å². The minimum atomic E-state index is -1.56. The van der Waals surface area contributed by atoms with Crippen LogP contribution in [0.5, 0.6) is 0 Å². The van der Waals surface area contributed by atoms with Gasteiger partial charge >= 0.3 is 5.97 Å². The molecule has 0 aliphatic carbocycles. The van der Waals surface area contributed by atoms with Crippen molar-refractivity contribution >= 4 is 22.5 Å². The van der Waals surface area contributed by atoms with E-state index >= 15 is 0 Å². The molecule has 7 heteroatoms. The minimum Gasteiger partial charge on any atom is -0.481 e. The van der Waals surface area contributed by atoms with Crippen LogP contribution in [0.2, 0.25) is 0 Å².